The number of methoxy groups -OCH3 is 1. The maximum atomic E-state index is 4.71. The van der Waals surface area contributed by atoms with Crippen LogP contribution in [0.4, 0.5) is 0 Å². The Morgan fingerprint density at radius 1 is 2.00 bits per heavy atom. The lowest BCUT2D eigenvalue weighted by atomic mass is 11.5. The standard InChI is InChI=1S/C2H3ClO/c1-4-2-3/h1H3. The zero-order valence-electron chi connectivity index (χ0n) is 2.29. The highest BCUT2D eigenvalue weighted by Crippen LogP contribution is 1.77. The van der Waals surface area contributed by atoms with Crippen molar-refractivity contribution in [2.45, 2.75) is 0 Å². The Hall–Kier alpha value is 0.250. The molecule has 0 aliphatic carbocycles. The Morgan fingerprint density at radius 2 is 2.25 bits per heavy atom. The maximum Gasteiger partial charge on any atom is 0.236 e. The van der Waals surface area contributed by atoms with Crippen molar-refractivity contribution in [1.82, 2.24) is 0 Å². The Kier molecular flexibility index (Phi) is 3.45. The summed E-state index contributed by atoms with van der Waals surface area (Å²) >= 11 is 4.71. The van der Waals surface area contributed by atoms with Gasteiger partial charge in [-0.2, -0.15) is 0 Å². The Labute approximate surface area is 30.5 Å². The van der Waals surface area contributed by atoms with E-state index in [0.29, 0.717) is 0 Å². The first-order valence-electron chi connectivity index (χ1n) is 0.801. The minimum atomic E-state index is 1.44. The van der Waals surface area contributed by atoms with Crippen LogP contribution in [0.25, 0.3) is 0 Å². The smallest absolute Gasteiger partial charge is 0.236 e. The van der Waals surface area contributed by atoms with E-state index in [9.17, 15) is 0 Å². The van der Waals surface area contributed by atoms with E-state index in [1.165, 1.54) is 7.11 Å². The van der Waals surface area contributed by atoms with Crippen LogP contribution in [0, 0.1) is 6.07 Å². The molecule has 0 aromatic carbocycles. The van der Waals surface area contributed by atoms with Crippen LogP contribution < -0.4 is 0 Å². The summed E-state index contributed by atoms with van der Waals surface area (Å²) in [5.74, 6) is 0. The van der Waals surface area contributed by atoms with Gasteiger partial charge in [0.25, 0.3) is 0 Å². The van der Waals surface area contributed by atoms with Crippen LogP contribution in [0.3, 0.4) is 0 Å². The molecule has 0 aliphatic rings. The van der Waals surface area contributed by atoms with Gasteiger partial charge in [0.05, 0.1) is 0 Å². The molecular weight excluding hydrogens is 75.5 g/mol. The predicted octanol–water partition coefficient (Wildman–Crippen LogP) is 0.868. The van der Waals surface area contributed by atoms with Gasteiger partial charge in [-0.15, -0.1) is 0 Å². The van der Waals surface area contributed by atoms with Crippen LogP contribution in [0.15, 0.2) is 0 Å². The molecule has 0 aliphatic heterocycles. The minimum absolute atomic E-state index is 1.44. The molecule has 0 unspecified atom stereocenters. The maximum absolute atomic E-state index is 4.71. The van der Waals surface area contributed by atoms with Crippen molar-refractivity contribution in [3.05, 3.63) is 6.07 Å². The van der Waals surface area contributed by atoms with Crippen molar-refractivity contribution in [1.29, 1.82) is 0 Å². The molecule has 0 heterocycles. The molecule has 0 aromatic heterocycles. The van der Waals surface area contributed by atoms with Gasteiger partial charge in [0.15, 0.2) is 0 Å². The van der Waals surface area contributed by atoms with Gasteiger partial charge in [-0.25, -0.2) is 0 Å². The average molecular weight is 78.5 g/mol. The molecule has 2 heteroatoms. The normalized spacial score (nSPS) is 7.50. The summed E-state index contributed by atoms with van der Waals surface area (Å²) in [7, 11) is 1.44. The topological polar surface area (TPSA) is 9.23 Å². The van der Waals surface area contributed by atoms with Crippen LogP contribution in [-0.4, -0.2) is 7.11 Å². The van der Waals surface area contributed by atoms with Crippen molar-refractivity contribution < 1.29 is 4.74 Å². The number of hydrogen-bond acceptors (Lipinski definition) is 1. The first-order valence-corrected chi connectivity index (χ1v) is 1.18. The van der Waals surface area contributed by atoms with Crippen LogP contribution in [0.2, 0.25) is 0 Å². The summed E-state index contributed by atoms with van der Waals surface area (Å²) in [4.78, 5) is 0. The van der Waals surface area contributed by atoms with E-state index in [1.807, 2.05) is 6.07 Å². The number of ether oxygens (including phenoxy) is 1. The minimum Gasteiger partial charge on any atom is -0.355 e. The van der Waals surface area contributed by atoms with E-state index >= 15 is 0 Å². The fraction of sp³-hybridized carbons (Fsp3) is 0.500. The fourth-order valence-corrected chi connectivity index (χ4v) is 0. The largest absolute Gasteiger partial charge is 0.355 e. The lowest BCUT2D eigenvalue weighted by molar-refractivity contribution is 0.312. The van der Waals surface area contributed by atoms with Crippen molar-refractivity contribution in [3.63, 3.8) is 0 Å². The van der Waals surface area contributed by atoms with Crippen LogP contribution in [-0.2, 0) is 4.74 Å². The highest BCUT2D eigenvalue weighted by Gasteiger charge is 1.60. The van der Waals surface area contributed by atoms with E-state index in [0.717, 1.165) is 0 Å². The second-order valence-corrected chi connectivity index (χ2v) is 0.436. The second kappa shape index (κ2) is 3.25. The molecule has 0 amide bonds. The lowest BCUT2D eigenvalue weighted by Crippen LogP contribution is -1.59. The van der Waals surface area contributed by atoms with Crippen LogP contribution in [0.1, 0.15) is 0 Å². The van der Waals surface area contributed by atoms with Crippen molar-refractivity contribution in [3.8, 4) is 0 Å². The Morgan fingerprint density at radius 3 is 2.25 bits per heavy atom. The summed E-state index contributed by atoms with van der Waals surface area (Å²) in [6.07, 6.45) is 0. The van der Waals surface area contributed by atoms with Gasteiger partial charge in [-0.05, 0) is 0 Å². The highest BCUT2D eigenvalue weighted by molar-refractivity contribution is 6.21. The first kappa shape index (κ1) is 4.25. The number of hydrogen-bond donors (Lipinski definition) is 0. The third-order valence-electron chi connectivity index (χ3n) is 0.0772. The van der Waals surface area contributed by atoms with E-state index in [2.05, 4.69) is 4.74 Å². The van der Waals surface area contributed by atoms with Gasteiger partial charge in [-0.1, -0.05) is 11.6 Å². The number of halogens is 1. The van der Waals surface area contributed by atoms with Gasteiger partial charge in [-0.3, -0.25) is 0 Å². The molecule has 0 fully saturated rings. The van der Waals surface area contributed by atoms with Crippen molar-refractivity contribution >= 4 is 11.6 Å². The molecule has 0 spiro atoms. The van der Waals surface area contributed by atoms with Gasteiger partial charge in [0.1, 0.15) is 0 Å². The second-order valence-electron chi connectivity index (χ2n) is 0.281. The average Bonchev–Trinajstić information content (AvgIpc) is 1.37. The predicted molar refractivity (Wildman–Crippen MR) is 16.1 cm³/mol. The summed E-state index contributed by atoms with van der Waals surface area (Å²) in [5.41, 5.74) is 0. The van der Waals surface area contributed by atoms with Gasteiger partial charge < -0.3 is 4.74 Å². The van der Waals surface area contributed by atoms with E-state index < -0.39 is 0 Å². The molecular formula is C2H3ClO. The fourth-order valence-electron chi connectivity index (χ4n) is 0. The van der Waals surface area contributed by atoms with Crippen molar-refractivity contribution in [2.75, 3.05) is 7.11 Å². The van der Waals surface area contributed by atoms with Crippen LogP contribution in [0.5, 0.6) is 0 Å². The molecule has 0 aromatic rings. The zero-order chi connectivity index (χ0) is 3.41. The van der Waals surface area contributed by atoms with E-state index in [-0.39, 0.29) is 0 Å². The van der Waals surface area contributed by atoms with Gasteiger partial charge in [0.2, 0.25) is 6.07 Å². The Balaban J connectivity index is 1.97. The molecule has 0 bridgehead atoms. The summed E-state index contributed by atoms with van der Waals surface area (Å²) < 4.78 is 4.06. The summed E-state index contributed by atoms with van der Waals surface area (Å²) in [6.45, 7) is 0. The molecule has 1 nitrogen and oxygen atoms in total. The summed E-state index contributed by atoms with van der Waals surface area (Å²) in [5, 5.41) is 0. The number of rotatable bonds is 1. The van der Waals surface area contributed by atoms with Crippen LogP contribution >= 0.6 is 11.6 Å². The third-order valence-corrected chi connectivity index (χ3v) is 0.231. The molecule has 0 N–H and O–H groups in total. The molecule has 4 heavy (non-hydrogen) atoms. The highest BCUT2D eigenvalue weighted by atomic mass is 35.5. The lowest BCUT2D eigenvalue weighted by Gasteiger charge is -1.69. The zero-order valence-corrected chi connectivity index (χ0v) is 3.04. The van der Waals surface area contributed by atoms with Gasteiger partial charge in [0, 0.05) is 7.11 Å². The Bertz CT molecular complexity index is 8.00. The molecule has 0 rings (SSSR count). The molecule has 0 saturated carbocycles. The SMILES string of the molecule is CO[C]Cl. The summed E-state index contributed by atoms with van der Waals surface area (Å²) in [6, 6.07) is 1.90. The molecule has 2 radical (unpaired) electrons. The molecule has 0 atom stereocenters. The van der Waals surface area contributed by atoms with E-state index in [4.69, 9.17) is 11.6 Å². The first-order chi connectivity index (χ1) is 1.91. The monoisotopic (exact) mass is 78.0 g/mol. The van der Waals surface area contributed by atoms with Gasteiger partial charge >= 0.3 is 0 Å². The third kappa shape index (κ3) is 2.25. The molecule has 24 valence electrons. The van der Waals surface area contributed by atoms with Crippen molar-refractivity contribution in [2.24, 2.45) is 0 Å². The quantitative estimate of drug-likeness (QED) is 0.452. The van der Waals surface area contributed by atoms with E-state index in [1.54, 1.807) is 0 Å². The molecule has 0 saturated heterocycles.